The van der Waals surface area contributed by atoms with Crippen molar-refractivity contribution in [1.29, 1.82) is 0 Å². The van der Waals surface area contributed by atoms with Gasteiger partial charge >= 0.3 is 5.97 Å². The van der Waals surface area contributed by atoms with Crippen LogP contribution in [0.4, 0.5) is 0 Å². The van der Waals surface area contributed by atoms with Crippen LogP contribution in [0.3, 0.4) is 0 Å². The SMILES string of the molecule is Cc1cc(C(CN)C(=O)O)c(C)cc1Br. The smallest absolute Gasteiger partial charge is 0.312 e. The van der Waals surface area contributed by atoms with Crippen molar-refractivity contribution in [1.82, 2.24) is 0 Å². The molecular formula is C11H14BrNO2. The predicted molar refractivity (Wildman–Crippen MR) is 63.0 cm³/mol. The van der Waals surface area contributed by atoms with Crippen molar-refractivity contribution in [3.8, 4) is 0 Å². The molecule has 3 N–H and O–H groups in total. The molecule has 82 valence electrons. The zero-order valence-corrected chi connectivity index (χ0v) is 10.3. The lowest BCUT2D eigenvalue weighted by atomic mass is 9.93. The number of halogens is 1. The second-order valence-corrected chi connectivity index (χ2v) is 4.44. The molecule has 0 aliphatic carbocycles. The van der Waals surface area contributed by atoms with E-state index < -0.39 is 11.9 Å². The molecule has 0 radical (unpaired) electrons. The molecule has 0 saturated heterocycles. The van der Waals surface area contributed by atoms with Crippen LogP contribution < -0.4 is 5.73 Å². The van der Waals surface area contributed by atoms with Gasteiger partial charge in [-0.3, -0.25) is 4.79 Å². The van der Waals surface area contributed by atoms with Crippen LogP contribution >= 0.6 is 15.9 Å². The van der Waals surface area contributed by atoms with Crippen LogP contribution in [0.5, 0.6) is 0 Å². The Balaban J connectivity index is 3.24. The fourth-order valence-electron chi connectivity index (χ4n) is 1.54. The minimum atomic E-state index is -0.873. The van der Waals surface area contributed by atoms with Gasteiger partial charge in [0.1, 0.15) is 0 Å². The number of carbonyl (C=O) groups is 1. The first-order chi connectivity index (χ1) is 6.97. The summed E-state index contributed by atoms with van der Waals surface area (Å²) in [6.45, 7) is 3.95. The van der Waals surface area contributed by atoms with Crippen molar-refractivity contribution >= 4 is 21.9 Å². The molecule has 1 unspecified atom stereocenters. The summed E-state index contributed by atoms with van der Waals surface area (Å²) in [5.74, 6) is -1.49. The molecule has 3 nitrogen and oxygen atoms in total. The van der Waals surface area contributed by atoms with E-state index in [0.717, 1.165) is 21.2 Å². The van der Waals surface area contributed by atoms with E-state index in [1.165, 1.54) is 0 Å². The molecule has 0 aliphatic heterocycles. The number of hydrogen-bond acceptors (Lipinski definition) is 2. The number of hydrogen-bond donors (Lipinski definition) is 2. The standard InChI is InChI=1S/C11H14BrNO2/c1-6-4-10(12)7(2)3-8(6)9(5-13)11(14)15/h3-4,9H,5,13H2,1-2H3,(H,14,15). The number of rotatable bonds is 3. The lowest BCUT2D eigenvalue weighted by Gasteiger charge is -2.14. The minimum absolute atomic E-state index is 0.122. The topological polar surface area (TPSA) is 63.3 Å². The Hall–Kier alpha value is -0.870. The van der Waals surface area contributed by atoms with E-state index in [-0.39, 0.29) is 6.54 Å². The maximum absolute atomic E-state index is 11.0. The number of nitrogens with two attached hydrogens (primary N) is 1. The fourth-order valence-corrected chi connectivity index (χ4v) is 2.00. The van der Waals surface area contributed by atoms with Gasteiger partial charge in [0.25, 0.3) is 0 Å². The Kier molecular flexibility index (Phi) is 3.88. The largest absolute Gasteiger partial charge is 0.481 e. The van der Waals surface area contributed by atoms with Crippen LogP contribution in [0, 0.1) is 13.8 Å². The Morgan fingerprint density at radius 1 is 1.47 bits per heavy atom. The molecule has 4 heteroatoms. The van der Waals surface area contributed by atoms with E-state index in [0.29, 0.717) is 0 Å². The highest BCUT2D eigenvalue weighted by Crippen LogP contribution is 2.26. The van der Waals surface area contributed by atoms with Crippen LogP contribution in [0.1, 0.15) is 22.6 Å². The van der Waals surface area contributed by atoms with Gasteiger partial charge in [0.05, 0.1) is 5.92 Å². The summed E-state index contributed by atoms with van der Waals surface area (Å²) < 4.78 is 0.991. The van der Waals surface area contributed by atoms with Gasteiger partial charge in [0.15, 0.2) is 0 Å². The third-order valence-electron chi connectivity index (χ3n) is 2.46. The third-order valence-corrected chi connectivity index (χ3v) is 3.31. The van der Waals surface area contributed by atoms with E-state index in [9.17, 15) is 4.79 Å². The zero-order valence-electron chi connectivity index (χ0n) is 8.75. The minimum Gasteiger partial charge on any atom is -0.481 e. The van der Waals surface area contributed by atoms with Gasteiger partial charge in [0.2, 0.25) is 0 Å². The molecule has 0 heterocycles. The van der Waals surface area contributed by atoms with Gasteiger partial charge in [-0.15, -0.1) is 0 Å². The second kappa shape index (κ2) is 4.77. The van der Waals surface area contributed by atoms with Crippen molar-refractivity contribution in [2.24, 2.45) is 5.73 Å². The molecule has 0 aliphatic rings. The summed E-state index contributed by atoms with van der Waals surface area (Å²) in [6.07, 6.45) is 0. The molecule has 0 spiro atoms. The van der Waals surface area contributed by atoms with Gasteiger partial charge in [-0.25, -0.2) is 0 Å². The van der Waals surface area contributed by atoms with Crippen molar-refractivity contribution < 1.29 is 9.90 Å². The lowest BCUT2D eigenvalue weighted by Crippen LogP contribution is -2.22. The highest BCUT2D eigenvalue weighted by molar-refractivity contribution is 9.10. The third kappa shape index (κ3) is 2.58. The van der Waals surface area contributed by atoms with Crippen LogP contribution in [-0.4, -0.2) is 17.6 Å². The fraction of sp³-hybridized carbons (Fsp3) is 0.364. The number of aliphatic carboxylic acids is 1. The van der Waals surface area contributed by atoms with Crippen LogP contribution in [-0.2, 0) is 4.79 Å². The second-order valence-electron chi connectivity index (χ2n) is 3.58. The van der Waals surface area contributed by atoms with Crippen molar-refractivity contribution in [3.05, 3.63) is 33.3 Å². The zero-order chi connectivity index (χ0) is 11.6. The summed E-state index contributed by atoms with van der Waals surface area (Å²) in [4.78, 5) is 11.0. The van der Waals surface area contributed by atoms with Gasteiger partial charge < -0.3 is 10.8 Å². The monoisotopic (exact) mass is 271 g/mol. The van der Waals surface area contributed by atoms with E-state index in [4.69, 9.17) is 10.8 Å². The maximum atomic E-state index is 11.0. The summed E-state index contributed by atoms with van der Waals surface area (Å²) in [7, 11) is 0. The predicted octanol–water partition coefficient (Wildman–Crippen LogP) is 2.19. The van der Waals surface area contributed by atoms with E-state index >= 15 is 0 Å². The molecular weight excluding hydrogens is 258 g/mol. The highest BCUT2D eigenvalue weighted by Gasteiger charge is 2.20. The first-order valence-electron chi connectivity index (χ1n) is 4.67. The number of carboxylic acids is 1. The van der Waals surface area contributed by atoms with Gasteiger partial charge in [0, 0.05) is 11.0 Å². The molecule has 1 aromatic carbocycles. The summed E-state index contributed by atoms with van der Waals surface area (Å²) in [5, 5.41) is 9.02. The van der Waals surface area contributed by atoms with Crippen molar-refractivity contribution in [2.45, 2.75) is 19.8 Å². The van der Waals surface area contributed by atoms with E-state index in [1.807, 2.05) is 26.0 Å². The Labute approximate surface area is 97.4 Å². The highest BCUT2D eigenvalue weighted by atomic mass is 79.9. The first kappa shape index (κ1) is 12.2. The molecule has 0 aromatic heterocycles. The molecule has 15 heavy (non-hydrogen) atoms. The quantitative estimate of drug-likeness (QED) is 0.886. The maximum Gasteiger partial charge on any atom is 0.312 e. The molecule has 1 atom stereocenters. The molecule has 0 saturated carbocycles. The van der Waals surface area contributed by atoms with Crippen LogP contribution in [0.2, 0.25) is 0 Å². The van der Waals surface area contributed by atoms with Gasteiger partial charge in [-0.2, -0.15) is 0 Å². The number of aryl methyl sites for hydroxylation is 2. The lowest BCUT2D eigenvalue weighted by molar-refractivity contribution is -0.138. The first-order valence-corrected chi connectivity index (χ1v) is 5.46. The summed E-state index contributed by atoms with van der Waals surface area (Å²) in [6, 6.07) is 3.81. The molecule has 1 aromatic rings. The Morgan fingerprint density at radius 2 is 2.07 bits per heavy atom. The van der Waals surface area contributed by atoms with Crippen LogP contribution in [0.25, 0.3) is 0 Å². The van der Waals surface area contributed by atoms with Crippen LogP contribution in [0.15, 0.2) is 16.6 Å². The Morgan fingerprint density at radius 3 is 2.53 bits per heavy atom. The number of carboxylic acid groups (broad SMARTS) is 1. The molecule has 1 rings (SSSR count). The average Bonchev–Trinajstić information content (AvgIpc) is 2.14. The molecule has 0 amide bonds. The van der Waals surface area contributed by atoms with Crippen molar-refractivity contribution in [3.63, 3.8) is 0 Å². The Bertz CT molecular complexity index is 390. The van der Waals surface area contributed by atoms with Gasteiger partial charge in [-0.05, 0) is 36.6 Å². The summed E-state index contributed by atoms with van der Waals surface area (Å²) in [5.41, 5.74) is 8.24. The van der Waals surface area contributed by atoms with E-state index in [2.05, 4.69) is 15.9 Å². The normalized spacial score (nSPS) is 12.5. The average molecular weight is 272 g/mol. The van der Waals surface area contributed by atoms with E-state index in [1.54, 1.807) is 0 Å². The molecule has 0 bridgehead atoms. The summed E-state index contributed by atoms with van der Waals surface area (Å²) >= 11 is 3.41. The number of benzene rings is 1. The van der Waals surface area contributed by atoms with Crippen molar-refractivity contribution in [2.75, 3.05) is 6.54 Å². The molecule has 0 fully saturated rings. The van der Waals surface area contributed by atoms with Gasteiger partial charge in [-0.1, -0.05) is 22.0 Å².